The van der Waals surface area contributed by atoms with Gasteiger partial charge in [0, 0.05) is 37.9 Å². The monoisotopic (exact) mass is 377 g/mol. The quantitative estimate of drug-likeness (QED) is 0.674. The molecule has 1 unspecified atom stereocenters. The van der Waals surface area contributed by atoms with Gasteiger partial charge in [0.05, 0.1) is 18.2 Å². The number of rotatable bonds is 5. The van der Waals surface area contributed by atoms with Gasteiger partial charge < -0.3 is 9.80 Å². The van der Waals surface area contributed by atoms with Crippen molar-refractivity contribution in [3.63, 3.8) is 0 Å². The molecule has 0 bridgehead atoms. The molecule has 1 amide bonds. The van der Waals surface area contributed by atoms with Crippen LogP contribution in [0.4, 0.5) is 5.95 Å². The molecule has 28 heavy (non-hydrogen) atoms. The third-order valence-electron chi connectivity index (χ3n) is 4.94. The second-order valence-corrected chi connectivity index (χ2v) is 6.94. The summed E-state index contributed by atoms with van der Waals surface area (Å²) in [5, 5.41) is 4.08. The zero-order valence-electron chi connectivity index (χ0n) is 15.8. The van der Waals surface area contributed by atoms with E-state index in [2.05, 4.69) is 20.0 Å². The lowest BCUT2D eigenvalue weighted by Gasteiger charge is -2.36. The smallest absolute Gasteiger partial charge is 0.227 e. The van der Waals surface area contributed by atoms with Gasteiger partial charge in [-0.05, 0) is 6.07 Å². The summed E-state index contributed by atoms with van der Waals surface area (Å²) in [6.07, 6.45) is 4.92. The highest BCUT2D eigenvalue weighted by molar-refractivity contribution is 5.78. The van der Waals surface area contributed by atoms with Gasteiger partial charge in [-0.2, -0.15) is 5.10 Å². The van der Waals surface area contributed by atoms with Crippen LogP contribution in [0.2, 0.25) is 0 Å². The molecule has 2 aromatic heterocycles. The normalized spacial score (nSPS) is 15.5. The Morgan fingerprint density at radius 3 is 2.61 bits per heavy atom. The topological polar surface area (TPSA) is 80.0 Å². The molecule has 3 heterocycles. The fourth-order valence-corrected chi connectivity index (χ4v) is 3.39. The Morgan fingerprint density at radius 2 is 1.89 bits per heavy atom. The maximum atomic E-state index is 12.7. The van der Waals surface area contributed by atoms with Gasteiger partial charge >= 0.3 is 0 Å². The summed E-state index contributed by atoms with van der Waals surface area (Å²) >= 11 is 0. The first-order chi connectivity index (χ1) is 13.7. The minimum atomic E-state index is -0.133. The van der Waals surface area contributed by atoms with Crippen LogP contribution >= 0.6 is 0 Å². The molecule has 1 aliphatic heterocycles. The van der Waals surface area contributed by atoms with E-state index in [1.807, 2.05) is 48.2 Å². The average molecular weight is 377 g/mol. The summed E-state index contributed by atoms with van der Waals surface area (Å²) in [5.74, 6) is 0.726. The number of aromatic nitrogens is 5. The molecule has 4 rings (SSSR count). The molecule has 1 atom stereocenters. The zero-order valence-corrected chi connectivity index (χ0v) is 15.8. The van der Waals surface area contributed by atoms with Crippen LogP contribution in [0.15, 0.2) is 55.2 Å². The van der Waals surface area contributed by atoms with E-state index in [9.17, 15) is 4.79 Å². The second kappa shape index (κ2) is 8.16. The molecule has 144 valence electrons. The van der Waals surface area contributed by atoms with Gasteiger partial charge in [0.1, 0.15) is 12.7 Å². The summed E-state index contributed by atoms with van der Waals surface area (Å²) < 4.78 is 1.70. The van der Waals surface area contributed by atoms with Gasteiger partial charge in [0.2, 0.25) is 11.9 Å². The predicted molar refractivity (Wildman–Crippen MR) is 105 cm³/mol. The third-order valence-corrected chi connectivity index (χ3v) is 4.94. The lowest BCUT2D eigenvalue weighted by Crippen LogP contribution is -2.51. The number of hydrogen-bond donors (Lipinski definition) is 0. The van der Waals surface area contributed by atoms with Gasteiger partial charge in [-0.25, -0.2) is 15.0 Å². The number of piperazine rings is 1. The van der Waals surface area contributed by atoms with Crippen LogP contribution < -0.4 is 4.90 Å². The number of carbonyl (C=O) groups excluding carboxylic acids is 1. The molecule has 0 aliphatic carbocycles. The van der Waals surface area contributed by atoms with E-state index in [4.69, 9.17) is 4.98 Å². The van der Waals surface area contributed by atoms with Crippen LogP contribution in [0.1, 0.15) is 6.92 Å². The molecule has 1 aromatic carbocycles. The van der Waals surface area contributed by atoms with E-state index in [-0.39, 0.29) is 11.8 Å². The summed E-state index contributed by atoms with van der Waals surface area (Å²) in [6, 6.07) is 12.0. The predicted octanol–water partition coefficient (Wildman–Crippen LogP) is 1.72. The van der Waals surface area contributed by atoms with Gasteiger partial charge in [-0.1, -0.05) is 37.3 Å². The van der Waals surface area contributed by atoms with Crippen molar-refractivity contribution in [2.75, 3.05) is 31.1 Å². The molecule has 1 aliphatic rings. The van der Waals surface area contributed by atoms with E-state index >= 15 is 0 Å². The summed E-state index contributed by atoms with van der Waals surface area (Å²) in [4.78, 5) is 29.9. The third kappa shape index (κ3) is 4.00. The fraction of sp³-hybridized carbons (Fsp3) is 0.350. The van der Waals surface area contributed by atoms with Crippen LogP contribution in [0.3, 0.4) is 0 Å². The Morgan fingerprint density at radius 1 is 1.11 bits per heavy atom. The first kappa shape index (κ1) is 18.1. The van der Waals surface area contributed by atoms with Crippen LogP contribution in [-0.4, -0.2) is 61.7 Å². The largest absolute Gasteiger partial charge is 0.339 e. The van der Waals surface area contributed by atoms with E-state index in [1.54, 1.807) is 17.2 Å². The van der Waals surface area contributed by atoms with E-state index in [1.165, 1.54) is 6.33 Å². The fourth-order valence-electron chi connectivity index (χ4n) is 3.39. The SMILES string of the molecule is CC(Cn1cncn1)C(=O)N1CCN(c2nccc(-c3ccccc3)n2)CC1. The zero-order chi connectivity index (χ0) is 19.3. The molecular formula is C20H23N7O. The van der Waals surface area contributed by atoms with Gasteiger partial charge in [-0.15, -0.1) is 0 Å². The maximum absolute atomic E-state index is 12.7. The number of amides is 1. The van der Waals surface area contributed by atoms with Crippen LogP contribution in [0.5, 0.6) is 0 Å². The first-order valence-corrected chi connectivity index (χ1v) is 9.45. The first-order valence-electron chi connectivity index (χ1n) is 9.45. The van der Waals surface area contributed by atoms with Gasteiger partial charge in [-0.3, -0.25) is 9.48 Å². The Balaban J connectivity index is 1.37. The highest BCUT2D eigenvalue weighted by atomic mass is 16.2. The molecule has 0 spiro atoms. The van der Waals surface area contributed by atoms with Crippen LogP contribution in [-0.2, 0) is 11.3 Å². The highest BCUT2D eigenvalue weighted by Gasteiger charge is 2.26. The van der Waals surface area contributed by atoms with Crippen LogP contribution in [0.25, 0.3) is 11.3 Å². The van der Waals surface area contributed by atoms with Crippen molar-refractivity contribution in [1.29, 1.82) is 0 Å². The molecule has 0 radical (unpaired) electrons. The number of anilines is 1. The van der Waals surface area contributed by atoms with Crippen molar-refractivity contribution >= 4 is 11.9 Å². The summed E-state index contributed by atoms with van der Waals surface area (Å²) in [6.45, 7) is 5.25. The average Bonchev–Trinajstić information content (AvgIpc) is 3.27. The second-order valence-electron chi connectivity index (χ2n) is 6.94. The van der Waals surface area contributed by atoms with Crippen molar-refractivity contribution in [3.05, 3.63) is 55.2 Å². The lowest BCUT2D eigenvalue weighted by atomic mass is 10.1. The molecule has 8 heteroatoms. The molecule has 0 saturated carbocycles. The van der Waals surface area contributed by atoms with Crippen molar-refractivity contribution < 1.29 is 4.79 Å². The maximum Gasteiger partial charge on any atom is 0.227 e. The van der Waals surface area contributed by atoms with Crippen LogP contribution in [0, 0.1) is 5.92 Å². The van der Waals surface area contributed by atoms with E-state index in [0.717, 1.165) is 24.3 Å². The molecule has 3 aromatic rings. The standard InChI is InChI=1S/C20H23N7O/c1-16(13-27-15-21-14-23-27)19(28)25-9-11-26(12-10-25)20-22-8-7-18(24-20)17-5-3-2-4-6-17/h2-8,14-16H,9-13H2,1H3. The Kier molecular flexibility index (Phi) is 5.27. The van der Waals surface area contributed by atoms with Crippen molar-refractivity contribution in [2.45, 2.75) is 13.5 Å². The highest BCUT2D eigenvalue weighted by Crippen LogP contribution is 2.19. The minimum Gasteiger partial charge on any atom is -0.339 e. The Hall–Kier alpha value is -3.29. The lowest BCUT2D eigenvalue weighted by molar-refractivity contribution is -0.135. The summed E-state index contributed by atoms with van der Waals surface area (Å²) in [7, 11) is 0. The molecule has 0 N–H and O–H groups in total. The number of benzene rings is 1. The van der Waals surface area contributed by atoms with E-state index < -0.39 is 0 Å². The molecular weight excluding hydrogens is 354 g/mol. The number of nitrogens with zero attached hydrogens (tertiary/aromatic N) is 7. The van der Waals surface area contributed by atoms with Gasteiger partial charge in [0.15, 0.2) is 0 Å². The molecule has 8 nitrogen and oxygen atoms in total. The van der Waals surface area contributed by atoms with Gasteiger partial charge in [0.25, 0.3) is 0 Å². The summed E-state index contributed by atoms with van der Waals surface area (Å²) in [5.41, 5.74) is 1.98. The number of carbonyl (C=O) groups is 1. The number of hydrogen-bond acceptors (Lipinski definition) is 6. The van der Waals surface area contributed by atoms with E-state index in [0.29, 0.717) is 25.6 Å². The molecule has 1 saturated heterocycles. The Labute approximate surface area is 163 Å². The van der Waals surface area contributed by atoms with Crippen molar-refractivity contribution in [1.82, 2.24) is 29.6 Å². The van der Waals surface area contributed by atoms with Crippen molar-refractivity contribution in [3.8, 4) is 11.3 Å². The minimum absolute atomic E-state index is 0.133. The Bertz CT molecular complexity index is 905. The molecule has 1 fully saturated rings. The van der Waals surface area contributed by atoms with Crippen molar-refractivity contribution in [2.24, 2.45) is 5.92 Å².